The Kier molecular flexibility index (Phi) is 4.93. The van der Waals surface area contributed by atoms with Crippen LogP contribution in [0.1, 0.15) is 11.1 Å². The minimum Gasteiger partial charge on any atom is -0.384 e. The highest BCUT2D eigenvalue weighted by Crippen LogP contribution is 2.05. The van der Waals surface area contributed by atoms with Crippen LogP contribution in [-0.2, 0) is 9.63 Å². The number of anilines is 1. The van der Waals surface area contributed by atoms with Gasteiger partial charge < -0.3 is 15.9 Å². The van der Waals surface area contributed by atoms with Crippen molar-refractivity contribution in [2.45, 2.75) is 6.92 Å². The van der Waals surface area contributed by atoms with Crippen LogP contribution < -0.4 is 11.1 Å². The molecular weight excluding hydrogens is 266 g/mol. The molecule has 0 saturated carbocycles. The van der Waals surface area contributed by atoms with E-state index in [1.807, 2.05) is 49.4 Å². The normalized spacial score (nSPS) is 11.0. The number of aryl methyl sites for hydroxylation is 1. The first-order valence-electron chi connectivity index (χ1n) is 6.52. The molecule has 2 aromatic rings. The molecule has 0 bridgehead atoms. The quantitative estimate of drug-likeness (QED) is 0.502. The first-order valence-corrected chi connectivity index (χ1v) is 6.52. The molecule has 0 aromatic heterocycles. The lowest BCUT2D eigenvalue weighted by Gasteiger charge is -2.05. The van der Waals surface area contributed by atoms with Gasteiger partial charge in [-0.3, -0.25) is 4.79 Å². The number of hydrogen-bond donors (Lipinski definition) is 2. The van der Waals surface area contributed by atoms with Gasteiger partial charge in [0, 0.05) is 11.3 Å². The Bertz CT molecular complexity index is 622. The Morgan fingerprint density at radius 3 is 2.48 bits per heavy atom. The summed E-state index contributed by atoms with van der Waals surface area (Å²) in [5.41, 5.74) is 8.37. The third-order valence-corrected chi connectivity index (χ3v) is 2.76. The van der Waals surface area contributed by atoms with Crippen LogP contribution in [0.4, 0.5) is 5.69 Å². The summed E-state index contributed by atoms with van der Waals surface area (Å²) in [6, 6.07) is 16.7. The van der Waals surface area contributed by atoms with E-state index in [9.17, 15) is 4.79 Å². The Morgan fingerprint density at radius 2 is 1.81 bits per heavy atom. The minimum absolute atomic E-state index is 0.193. The fourth-order valence-corrected chi connectivity index (χ4v) is 1.66. The highest BCUT2D eigenvalue weighted by molar-refractivity contribution is 5.97. The monoisotopic (exact) mass is 283 g/mol. The van der Waals surface area contributed by atoms with E-state index >= 15 is 0 Å². The van der Waals surface area contributed by atoms with E-state index in [1.165, 1.54) is 0 Å². The molecule has 0 fully saturated rings. The summed E-state index contributed by atoms with van der Waals surface area (Å²) in [6.45, 7) is 1.79. The van der Waals surface area contributed by atoms with E-state index in [0.717, 1.165) is 11.1 Å². The van der Waals surface area contributed by atoms with Crippen LogP contribution in [-0.4, -0.2) is 18.3 Å². The Hall–Kier alpha value is -2.82. The van der Waals surface area contributed by atoms with Crippen molar-refractivity contribution < 1.29 is 9.63 Å². The molecule has 5 nitrogen and oxygen atoms in total. The van der Waals surface area contributed by atoms with Crippen molar-refractivity contribution in [2.24, 2.45) is 10.9 Å². The summed E-state index contributed by atoms with van der Waals surface area (Å²) in [5, 5.41) is 6.43. The molecule has 0 aliphatic heterocycles. The van der Waals surface area contributed by atoms with E-state index in [1.54, 1.807) is 12.1 Å². The van der Waals surface area contributed by atoms with Crippen LogP contribution >= 0.6 is 0 Å². The number of benzene rings is 2. The standard InChI is InChI=1S/C16H17N3O2/c1-12-7-9-13(10-8-12)16(17)19-21-11-15(20)18-14-5-3-2-4-6-14/h2-10H,11H2,1H3,(H2,17,19)(H,18,20). The first-order chi connectivity index (χ1) is 10.1. The SMILES string of the molecule is Cc1ccc(C(N)=NOCC(=O)Nc2ccccc2)cc1. The highest BCUT2D eigenvalue weighted by atomic mass is 16.6. The van der Waals surface area contributed by atoms with Gasteiger partial charge in [0.25, 0.3) is 5.91 Å². The maximum absolute atomic E-state index is 11.6. The molecule has 0 atom stereocenters. The van der Waals surface area contributed by atoms with Crippen LogP contribution in [0.15, 0.2) is 59.8 Å². The van der Waals surface area contributed by atoms with Gasteiger partial charge >= 0.3 is 0 Å². The topological polar surface area (TPSA) is 76.7 Å². The Labute approximate surface area is 123 Å². The van der Waals surface area contributed by atoms with Crippen LogP contribution in [0.2, 0.25) is 0 Å². The van der Waals surface area contributed by atoms with Gasteiger partial charge in [0.15, 0.2) is 12.4 Å². The second-order valence-corrected chi connectivity index (χ2v) is 4.53. The average Bonchev–Trinajstić information content (AvgIpc) is 2.49. The van der Waals surface area contributed by atoms with E-state index in [0.29, 0.717) is 5.69 Å². The summed E-state index contributed by atoms with van der Waals surface area (Å²) in [7, 11) is 0. The number of para-hydroxylation sites is 1. The molecule has 5 heteroatoms. The smallest absolute Gasteiger partial charge is 0.265 e. The van der Waals surface area contributed by atoms with Crippen LogP contribution in [0.25, 0.3) is 0 Å². The van der Waals surface area contributed by atoms with Gasteiger partial charge in [0.1, 0.15) is 0 Å². The van der Waals surface area contributed by atoms with Crippen molar-refractivity contribution in [1.29, 1.82) is 0 Å². The number of amides is 1. The molecule has 0 radical (unpaired) electrons. The predicted octanol–water partition coefficient (Wildman–Crippen LogP) is 2.27. The fraction of sp³-hybridized carbons (Fsp3) is 0.125. The molecule has 0 heterocycles. The van der Waals surface area contributed by atoms with Crippen LogP contribution in [0, 0.1) is 6.92 Å². The molecular formula is C16H17N3O2. The van der Waals surface area contributed by atoms with Crippen molar-refractivity contribution in [2.75, 3.05) is 11.9 Å². The van der Waals surface area contributed by atoms with Gasteiger partial charge in [-0.25, -0.2) is 0 Å². The van der Waals surface area contributed by atoms with Crippen molar-refractivity contribution in [3.8, 4) is 0 Å². The summed E-state index contributed by atoms with van der Waals surface area (Å²) in [4.78, 5) is 16.6. The molecule has 2 rings (SSSR count). The summed E-state index contributed by atoms with van der Waals surface area (Å²) >= 11 is 0. The molecule has 0 spiro atoms. The zero-order valence-electron chi connectivity index (χ0n) is 11.7. The molecule has 0 saturated heterocycles. The van der Waals surface area contributed by atoms with Crippen molar-refractivity contribution in [1.82, 2.24) is 0 Å². The zero-order chi connectivity index (χ0) is 15.1. The molecule has 3 N–H and O–H groups in total. The molecule has 108 valence electrons. The summed E-state index contributed by atoms with van der Waals surface area (Å²) in [6.07, 6.45) is 0. The highest BCUT2D eigenvalue weighted by Gasteiger charge is 2.03. The number of nitrogens with one attached hydrogen (secondary N) is 1. The number of rotatable bonds is 5. The fourth-order valence-electron chi connectivity index (χ4n) is 1.66. The molecule has 0 unspecified atom stereocenters. The van der Waals surface area contributed by atoms with Gasteiger partial charge in [-0.05, 0) is 19.1 Å². The number of amidine groups is 1. The van der Waals surface area contributed by atoms with Crippen LogP contribution in [0.3, 0.4) is 0 Å². The summed E-state index contributed by atoms with van der Waals surface area (Å²) in [5.74, 6) is -0.0517. The number of hydrogen-bond acceptors (Lipinski definition) is 3. The Balaban J connectivity index is 1.84. The maximum Gasteiger partial charge on any atom is 0.265 e. The van der Waals surface area contributed by atoms with E-state index in [2.05, 4.69) is 10.5 Å². The van der Waals surface area contributed by atoms with E-state index in [-0.39, 0.29) is 18.3 Å². The minimum atomic E-state index is -0.290. The second kappa shape index (κ2) is 7.09. The molecule has 0 aliphatic rings. The zero-order valence-corrected chi connectivity index (χ0v) is 11.7. The maximum atomic E-state index is 11.6. The lowest BCUT2D eigenvalue weighted by Crippen LogP contribution is -2.19. The third kappa shape index (κ3) is 4.65. The predicted molar refractivity (Wildman–Crippen MR) is 82.9 cm³/mol. The van der Waals surface area contributed by atoms with Crippen molar-refractivity contribution in [3.63, 3.8) is 0 Å². The first kappa shape index (κ1) is 14.6. The van der Waals surface area contributed by atoms with Gasteiger partial charge in [-0.15, -0.1) is 0 Å². The summed E-state index contributed by atoms with van der Waals surface area (Å²) < 4.78 is 0. The number of nitrogens with two attached hydrogens (primary N) is 1. The van der Waals surface area contributed by atoms with Crippen molar-refractivity contribution in [3.05, 3.63) is 65.7 Å². The molecule has 21 heavy (non-hydrogen) atoms. The largest absolute Gasteiger partial charge is 0.384 e. The lowest BCUT2D eigenvalue weighted by molar-refractivity contribution is -0.120. The molecule has 1 amide bonds. The van der Waals surface area contributed by atoms with Gasteiger partial charge in [0.05, 0.1) is 0 Å². The van der Waals surface area contributed by atoms with Gasteiger partial charge in [-0.1, -0.05) is 53.2 Å². The number of nitrogens with zero attached hydrogens (tertiary/aromatic N) is 1. The number of carbonyl (C=O) groups is 1. The molecule has 0 aliphatic carbocycles. The van der Waals surface area contributed by atoms with Gasteiger partial charge in [-0.2, -0.15) is 0 Å². The second-order valence-electron chi connectivity index (χ2n) is 4.53. The number of oxime groups is 1. The Morgan fingerprint density at radius 1 is 1.14 bits per heavy atom. The number of carbonyl (C=O) groups excluding carboxylic acids is 1. The van der Waals surface area contributed by atoms with Gasteiger partial charge in [0.2, 0.25) is 0 Å². The van der Waals surface area contributed by atoms with E-state index < -0.39 is 0 Å². The average molecular weight is 283 g/mol. The lowest BCUT2D eigenvalue weighted by atomic mass is 10.1. The van der Waals surface area contributed by atoms with E-state index in [4.69, 9.17) is 10.6 Å². The third-order valence-electron chi connectivity index (χ3n) is 2.76. The van der Waals surface area contributed by atoms with Crippen LogP contribution in [0.5, 0.6) is 0 Å². The van der Waals surface area contributed by atoms with Crippen molar-refractivity contribution >= 4 is 17.4 Å². The molecule has 2 aromatic carbocycles.